The first-order valence-electron chi connectivity index (χ1n) is 5.67. The molecular formula is C13H18BrNS. The van der Waals surface area contributed by atoms with E-state index in [4.69, 9.17) is 0 Å². The molecule has 0 radical (unpaired) electrons. The van der Waals surface area contributed by atoms with Crippen LogP contribution in [0.2, 0.25) is 0 Å². The molecule has 2 rings (SSSR count). The van der Waals surface area contributed by atoms with Crippen LogP contribution in [0.4, 0.5) is 0 Å². The molecule has 0 aliphatic heterocycles. The summed E-state index contributed by atoms with van der Waals surface area (Å²) in [6.07, 6.45) is 2.69. The molecule has 0 unspecified atom stereocenters. The van der Waals surface area contributed by atoms with Gasteiger partial charge >= 0.3 is 0 Å². The summed E-state index contributed by atoms with van der Waals surface area (Å²) in [5.41, 5.74) is 1.89. The van der Waals surface area contributed by atoms with Crippen molar-refractivity contribution in [1.29, 1.82) is 0 Å². The van der Waals surface area contributed by atoms with Gasteiger partial charge in [-0.05, 0) is 48.8 Å². The van der Waals surface area contributed by atoms with Crippen LogP contribution in [0.25, 0.3) is 0 Å². The second kappa shape index (κ2) is 5.11. The highest BCUT2D eigenvalue weighted by Gasteiger charge is 2.41. The monoisotopic (exact) mass is 299 g/mol. The summed E-state index contributed by atoms with van der Waals surface area (Å²) in [6.45, 7) is 2.19. The van der Waals surface area contributed by atoms with E-state index < -0.39 is 0 Å². The van der Waals surface area contributed by atoms with E-state index in [2.05, 4.69) is 64.8 Å². The van der Waals surface area contributed by atoms with Crippen LogP contribution in [0.3, 0.4) is 0 Å². The van der Waals surface area contributed by atoms with Gasteiger partial charge in [0, 0.05) is 17.6 Å². The van der Waals surface area contributed by atoms with Crippen LogP contribution < -0.4 is 0 Å². The summed E-state index contributed by atoms with van der Waals surface area (Å²) < 4.78 is 1.16. The van der Waals surface area contributed by atoms with E-state index in [-0.39, 0.29) is 0 Å². The van der Waals surface area contributed by atoms with Gasteiger partial charge in [0.1, 0.15) is 0 Å². The van der Waals surface area contributed by atoms with Crippen molar-refractivity contribution < 1.29 is 0 Å². The summed E-state index contributed by atoms with van der Waals surface area (Å²) >= 11 is 7.96. The molecule has 16 heavy (non-hydrogen) atoms. The zero-order valence-corrected chi connectivity index (χ0v) is 12.1. The second-order valence-corrected chi connectivity index (χ2v) is 6.19. The van der Waals surface area contributed by atoms with Crippen LogP contribution in [-0.2, 0) is 6.54 Å². The van der Waals surface area contributed by atoms with Crippen molar-refractivity contribution in [3.05, 3.63) is 34.3 Å². The molecule has 3 heteroatoms. The van der Waals surface area contributed by atoms with Gasteiger partial charge in [0.25, 0.3) is 0 Å². The van der Waals surface area contributed by atoms with Gasteiger partial charge in [0.2, 0.25) is 0 Å². The summed E-state index contributed by atoms with van der Waals surface area (Å²) in [6, 6.07) is 8.54. The molecule has 0 bridgehead atoms. The van der Waals surface area contributed by atoms with Crippen molar-refractivity contribution in [2.75, 3.05) is 19.3 Å². The molecular weight excluding hydrogens is 282 g/mol. The van der Waals surface area contributed by atoms with E-state index in [1.165, 1.54) is 24.9 Å². The zero-order chi connectivity index (χ0) is 11.6. The lowest BCUT2D eigenvalue weighted by Crippen LogP contribution is -2.27. The van der Waals surface area contributed by atoms with Crippen LogP contribution >= 0.6 is 28.6 Å². The van der Waals surface area contributed by atoms with Gasteiger partial charge in [-0.3, -0.25) is 0 Å². The average molecular weight is 300 g/mol. The third kappa shape index (κ3) is 3.25. The SMILES string of the molecule is CN(Cc1cccc(Br)c1)CC1(CS)CC1. The van der Waals surface area contributed by atoms with E-state index in [0.717, 1.165) is 16.8 Å². The Morgan fingerprint density at radius 3 is 2.75 bits per heavy atom. The number of hydrogen-bond acceptors (Lipinski definition) is 2. The lowest BCUT2D eigenvalue weighted by molar-refractivity contribution is 0.270. The first-order valence-corrected chi connectivity index (χ1v) is 7.10. The van der Waals surface area contributed by atoms with Gasteiger partial charge < -0.3 is 4.90 Å². The lowest BCUT2D eigenvalue weighted by Gasteiger charge is -2.22. The summed E-state index contributed by atoms with van der Waals surface area (Å²) in [7, 11) is 2.20. The molecule has 1 aliphatic rings. The van der Waals surface area contributed by atoms with Crippen molar-refractivity contribution in [1.82, 2.24) is 4.90 Å². The van der Waals surface area contributed by atoms with Gasteiger partial charge in [0.05, 0.1) is 0 Å². The van der Waals surface area contributed by atoms with Crippen molar-refractivity contribution in [3.63, 3.8) is 0 Å². The van der Waals surface area contributed by atoms with Crippen molar-refractivity contribution in [2.24, 2.45) is 5.41 Å². The minimum absolute atomic E-state index is 0.518. The molecule has 1 aromatic carbocycles. The van der Waals surface area contributed by atoms with Gasteiger partial charge in [0.15, 0.2) is 0 Å². The molecule has 0 heterocycles. The Bertz CT molecular complexity index is 363. The van der Waals surface area contributed by atoms with Crippen LogP contribution in [0, 0.1) is 5.41 Å². The van der Waals surface area contributed by atoms with Crippen molar-refractivity contribution in [3.8, 4) is 0 Å². The predicted molar refractivity (Wildman–Crippen MR) is 76.0 cm³/mol. The van der Waals surface area contributed by atoms with Crippen LogP contribution in [-0.4, -0.2) is 24.2 Å². The number of halogens is 1. The average Bonchev–Trinajstić information content (AvgIpc) is 2.98. The molecule has 1 saturated carbocycles. The molecule has 88 valence electrons. The topological polar surface area (TPSA) is 3.24 Å². The number of thiol groups is 1. The van der Waals surface area contributed by atoms with Crippen molar-refractivity contribution >= 4 is 28.6 Å². The smallest absolute Gasteiger partial charge is 0.0231 e. The molecule has 1 fully saturated rings. The number of hydrogen-bond donors (Lipinski definition) is 1. The first kappa shape index (κ1) is 12.5. The number of nitrogens with zero attached hydrogens (tertiary/aromatic N) is 1. The highest BCUT2D eigenvalue weighted by molar-refractivity contribution is 9.10. The molecule has 1 aromatic rings. The third-order valence-corrected chi connectivity index (χ3v) is 4.40. The van der Waals surface area contributed by atoms with Crippen molar-refractivity contribution in [2.45, 2.75) is 19.4 Å². The highest BCUT2D eigenvalue weighted by atomic mass is 79.9. The van der Waals surface area contributed by atoms with E-state index in [0.29, 0.717) is 5.41 Å². The Balaban J connectivity index is 1.89. The molecule has 0 N–H and O–H groups in total. The largest absolute Gasteiger partial charge is 0.302 e. The Hall–Kier alpha value is 0.01000. The van der Waals surface area contributed by atoms with E-state index in [1.807, 2.05) is 0 Å². The first-order chi connectivity index (χ1) is 7.63. The minimum atomic E-state index is 0.518. The molecule has 0 amide bonds. The highest BCUT2D eigenvalue weighted by Crippen LogP contribution is 2.46. The summed E-state index contributed by atoms with van der Waals surface area (Å²) in [5.74, 6) is 1.02. The summed E-state index contributed by atoms with van der Waals surface area (Å²) in [5, 5.41) is 0. The maximum Gasteiger partial charge on any atom is 0.0231 e. The Morgan fingerprint density at radius 1 is 1.44 bits per heavy atom. The quantitative estimate of drug-likeness (QED) is 0.813. The Labute approximate surface area is 112 Å². The van der Waals surface area contributed by atoms with E-state index in [1.54, 1.807) is 0 Å². The fraction of sp³-hybridized carbons (Fsp3) is 0.538. The molecule has 1 aliphatic carbocycles. The summed E-state index contributed by atoms with van der Waals surface area (Å²) in [4.78, 5) is 2.41. The molecule has 0 spiro atoms. The lowest BCUT2D eigenvalue weighted by atomic mass is 10.1. The van der Waals surface area contributed by atoms with Crippen LogP contribution in [0.1, 0.15) is 18.4 Å². The Morgan fingerprint density at radius 2 is 2.19 bits per heavy atom. The number of rotatable bonds is 5. The maximum atomic E-state index is 4.45. The standard InChI is InChI=1S/C13H18BrNS/c1-15(9-13(10-16)5-6-13)8-11-3-2-4-12(14)7-11/h2-4,7,16H,5-6,8-10H2,1H3. The third-order valence-electron chi connectivity index (χ3n) is 3.24. The normalized spacial score (nSPS) is 17.8. The number of benzene rings is 1. The van der Waals surface area contributed by atoms with E-state index >= 15 is 0 Å². The molecule has 1 nitrogen and oxygen atoms in total. The van der Waals surface area contributed by atoms with Gasteiger partial charge in [-0.1, -0.05) is 28.1 Å². The molecule has 0 saturated heterocycles. The maximum absolute atomic E-state index is 4.45. The second-order valence-electron chi connectivity index (χ2n) is 4.96. The zero-order valence-electron chi connectivity index (χ0n) is 9.62. The fourth-order valence-corrected chi connectivity index (χ4v) is 2.98. The fourth-order valence-electron chi connectivity index (χ4n) is 2.12. The van der Waals surface area contributed by atoms with Gasteiger partial charge in [-0.25, -0.2) is 0 Å². The Kier molecular flexibility index (Phi) is 3.98. The van der Waals surface area contributed by atoms with E-state index in [9.17, 15) is 0 Å². The molecule has 0 aromatic heterocycles. The van der Waals surface area contributed by atoms with Crippen LogP contribution in [0.5, 0.6) is 0 Å². The van der Waals surface area contributed by atoms with Gasteiger partial charge in [-0.2, -0.15) is 12.6 Å². The molecule has 0 atom stereocenters. The van der Waals surface area contributed by atoms with Gasteiger partial charge in [-0.15, -0.1) is 0 Å². The minimum Gasteiger partial charge on any atom is -0.302 e. The van der Waals surface area contributed by atoms with Crippen LogP contribution in [0.15, 0.2) is 28.7 Å². The predicted octanol–water partition coefficient (Wildman–Crippen LogP) is 3.59.